The highest BCUT2D eigenvalue weighted by molar-refractivity contribution is 9.10. The van der Waals surface area contributed by atoms with Gasteiger partial charge in [-0.05, 0) is 28.3 Å². The van der Waals surface area contributed by atoms with E-state index >= 15 is 0 Å². The Hall–Kier alpha value is -1.14. The Morgan fingerprint density at radius 1 is 1.31 bits per heavy atom. The molecule has 3 aromatic heterocycles. The number of thioether (sulfide) groups is 1. The van der Waals surface area contributed by atoms with E-state index in [9.17, 15) is 0 Å². The second kappa shape index (κ2) is 3.71. The van der Waals surface area contributed by atoms with Crippen LogP contribution in [0.15, 0.2) is 34.3 Å². The molecule has 0 amide bonds. The van der Waals surface area contributed by atoms with Crippen LogP contribution in [0.1, 0.15) is 0 Å². The van der Waals surface area contributed by atoms with Gasteiger partial charge in [-0.3, -0.25) is 4.40 Å². The van der Waals surface area contributed by atoms with Crippen molar-refractivity contribution in [1.82, 2.24) is 19.4 Å². The topological polar surface area (TPSA) is 43.1 Å². The Balaban J connectivity index is 2.50. The minimum Gasteiger partial charge on any atom is -0.283 e. The van der Waals surface area contributed by atoms with Crippen molar-refractivity contribution in [3.63, 3.8) is 0 Å². The Morgan fingerprint density at radius 3 is 3.00 bits per heavy atom. The van der Waals surface area contributed by atoms with E-state index < -0.39 is 0 Å². The van der Waals surface area contributed by atoms with Crippen LogP contribution in [0.4, 0.5) is 0 Å². The van der Waals surface area contributed by atoms with E-state index in [1.807, 2.05) is 29.1 Å². The van der Waals surface area contributed by atoms with Gasteiger partial charge < -0.3 is 0 Å². The monoisotopic (exact) mass is 294 g/mol. The van der Waals surface area contributed by atoms with Crippen molar-refractivity contribution in [2.45, 2.75) is 5.16 Å². The number of pyridine rings is 1. The molecule has 0 saturated carbocycles. The molecule has 4 nitrogen and oxygen atoms in total. The fraction of sp³-hybridized carbons (Fsp3) is 0.100. The maximum absolute atomic E-state index is 4.49. The third-order valence-electron chi connectivity index (χ3n) is 2.32. The minimum atomic E-state index is 0.768. The lowest BCUT2D eigenvalue weighted by atomic mass is 10.3. The van der Waals surface area contributed by atoms with Crippen LogP contribution in [0.2, 0.25) is 0 Å². The molecule has 16 heavy (non-hydrogen) atoms. The molecular formula is C10H7BrN4S. The fourth-order valence-electron chi connectivity index (χ4n) is 1.61. The SMILES string of the molecule is CSc1ncc2cc(Br)c3nccn3c2n1. The summed E-state index contributed by atoms with van der Waals surface area (Å²) < 4.78 is 2.91. The number of hydrogen-bond acceptors (Lipinski definition) is 4. The highest BCUT2D eigenvalue weighted by Gasteiger charge is 2.07. The van der Waals surface area contributed by atoms with Crippen LogP contribution < -0.4 is 0 Å². The first-order valence-electron chi connectivity index (χ1n) is 4.62. The maximum Gasteiger partial charge on any atom is 0.189 e. The van der Waals surface area contributed by atoms with Gasteiger partial charge in [0.05, 0.1) is 4.47 Å². The molecule has 0 aromatic carbocycles. The predicted molar refractivity (Wildman–Crippen MR) is 67.8 cm³/mol. The van der Waals surface area contributed by atoms with Crippen LogP contribution >= 0.6 is 27.7 Å². The Bertz CT molecular complexity index is 679. The fourth-order valence-corrected chi connectivity index (χ4v) is 2.49. The second-order valence-electron chi connectivity index (χ2n) is 3.25. The molecule has 0 bridgehead atoms. The van der Waals surface area contributed by atoms with Gasteiger partial charge in [-0.25, -0.2) is 15.0 Å². The van der Waals surface area contributed by atoms with Crippen molar-refractivity contribution in [2.24, 2.45) is 0 Å². The molecule has 3 aromatic rings. The van der Waals surface area contributed by atoms with Crippen molar-refractivity contribution in [3.8, 4) is 0 Å². The highest BCUT2D eigenvalue weighted by Crippen LogP contribution is 2.23. The van der Waals surface area contributed by atoms with Crippen molar-refractivity contribution in [3.05, 3.63) is 29.1 Å². The molecule has 6 heteroatoms. The van der Waals surface area contributed by atoms with Crippen LogP contribution in [0.5, 0.6) is 0 Å². The van der Waals surface area contributed by atoms with Gasteiger partial charge in [0.25, 0.3) is 0 Å². The molecule has 0 spiro atoms. The molecular weight excluding hydrogens is 288 g/mol. The van der Waals surface area contributed by atoms with Gasteiger partial charge in [-0.1, -0.05) is 11.8 Å². The summed E-state index contributed by atoms with van der Waals surface area (Å²) in [7, 11) is 0. The summed E-state index contributed by atoms with van der Waals surface area (Å²) >= 11 is 5.02. The number of fused-ring (bicyclic) bond motifs is 3. The molecule has 0 saturated heterocycles. The lowest BCUT2D eigenvalue weighted by Crippen LogP contribution is -1.94. The zero-order chi connectivity index (χ0) is 11.1. The van der Waals surface area contributed by atoms with Crippen LogP contribution in [-0.2, 0) is 0 Å². The first-order chi connectivity index (χ1) is 7.79. The second-order valence-corrected chi connectivity index (χ2v) is 4.88. The average Bonchev–Trinajstić information content (AvgIpc) is 2.78. The third-order valence-corrected chi connectivity index (χ3v) is 3.47. The Morgan fingerprint density at radius 2 is 2.19 bits per heavy atom. The van der Waals surface area contributed by atoms with Crippen molar-refractivity contribution >= 4 is 44.4 Å². The van der Waals surface area contributed by atoms with Crippen LogP contribution in [0, 0.1) is 0 Å². The maximum atomic E-state index is 4.49. The van der Waals surface area contributed by atoms with Crippen LogP contribution in [0.3, 0.4) is 0 Å². The van der Waals surface area contributed by atoms with Gasteiger partial charge >= 0.3 is 0 Å². The van der Waals surface area contributed by atoms with E-state index in [4.69, 9.17) is 0 Å². The van der Waals surface area contributed by atoms with Gasteiger partial charge in [0, 0.05) is 24.0 Å². The molecule has 0 fully saturated rings. The number of nitrogens with zero attached hydrogens (tertiary/aromatic N) is 4. The normalized spacial score (nSPS) is 11.4. The summed E-state index contributed by atoms with van der Waals surface area (Å²) in [5.74, 6) is 0. The van der Waals surface area contributed by atoms with E-state index in [1.54, 1.807) is 6.20 Å². The molecule has 0 unspecified atom stereocenters. The number of imidazole rings is 1. The van der Waals surface area contributed by atoms with Gasteiger partial charge in [-0.15, -0.1) is 0 Å². The third kappa shape index (κ3) is 1.41. The quantitative estimate of drug-likeness (QED) is 0.511. The molecule has 0 aliphatic heterocycles. The number of rotatable bonds is 1. The van der Waals surface area contributed by atoms with E-state index in [-0.39, 0.29) is 0 Å². The summed E-state index contributed by atoms with van der Waals surface area (Å²) in [6.45, 7) is 0. The smallest absolute Gasteiger partial charge is 0.189 e. The summed E-state index contributed by atoms with van der Waals surface area (Å²) in [4.78, 5) is 13.0. The van der Waals surface area contributed by atoms with Crippen molar-refractivity contribution in [1.29, 1.82) is 0 Å². The number of halogens is 1. The minimum absolute atomic E-state index is 0.768. The molecule has 0 aliphatic rings. The van der Waals surface area contributed by atoms with Crippen LogP contribution in [-0.4, -0.2) is 25.6 Å². The number of hydrogen-bond donors (Lipinski definition) is 0. The Labute approximate surface area is 104 Å². The van der Waals surface area contributed by atoms with Crippen molar-refractivity contribution < 1.29 is 0 Å². The molecule has 0 N–H and O–H groups in total. The van der Waals surface area contributed by atoms with Gasteiger partial charge in [0.15, 0.2) is 10.8 Å². The first-order valence-corrected chi connectivity index (χ1v) is 6.63. The largest absolute Gasteiger partial charge is 0.283 e. The lowest BCUT2D eigenvalue weighted by Gasteiger charge is -2.03. The molecule has 3 rings (SSSR count). The zero-order valence-corrected chi connectivity index (χ0v) is 10.8. The first kappa shape index (κ1) is 10.0. The highest BCUT2D eigenvalue weighted by atomic mass is 79.9. The standard InChI is InChI=1S/C10H7BrN4S/c1-16-10-13-5-6-4-7(11)9-12-2-3-15(9)8(6)14-10/h2-5H,1H3. The molecule has 80 valence electrons. The summed E-state index contributed by atoms with van der Waals surface area (Å²) in [5.41, 5.74) is 1.76. The zero-order valence-electron chi connectivity index (χ0n) is 8.38. The van der Waals surface area contributed by atoms with Crippen LogP contribution in [0.25, 0.3) is 16.7 Å². The lowest BCUT2D eigenvalue weighted by molar-refractivity contribution is 0.980. The molecule has 0 radical (unpaired) electrons. The number of aromatic nitrogens is 4. The van der Waals surface area contributed by atoms with Crippen molar-refractivity contribution in [2.75, 3.05) is 6.26 Å². The molecule has 0 aliphatic carbocycles. The Kier molecular flexibility index (Phi) is 2.33. The summed E-state index contributed by atoms with van der Waals surface area (Å²) in [5, 5.41) is 1.76. The molecule has 3 heterocycles. The summed E-state index contributed by atoms with van der Waals surface area (Å²) in [6, 6.07) is 1.99. The molecule has 0 atom stereocenters. The van der Waals surface area contributed by atoms with Gasteiger partial charge in [0.2, 0.25) is 0 Å². The van der Waals surface area contributed by atoms with Gasteiger partial charge in [-0.2, -0.15) is 0 Å². The van der Waals surface area contributed by atoms with E-state index in [0.717, 1.165) is 26.3 Å². The van der Waals surface area contributed by atoms with E-state index in [2.05, 4.69) is 30.9 Å². The average molecular weight is 295 g/mol. The summed E-state index contributed by atoms with van der Waals surface area (Å²) in [6.07, 6.45) is 7.46. The van der Waals surface area contributed by atoms with E-state index in [0.29, 0.717) is 0 Å². The predicted octanol–water partition coefficient (Wildman–Crippen LogP) is 2.76. The van der Waals surface area contributed by atoms with Gasteiger partial charge in [0.1, 0.15) is 5.65 Å². The van der Waals surface area contributed by atoms with E-state index in [1.165, 1.54) is 11.8 Å².